The lowest BCUT2D eigenvalue weighted by Crippen LogP contribution is -2.46. The van der Waals surface area contributed by atoms with Crippen LogP contribution in [0.25, 0.3) is 0 Å². The summed E-state index contributed by atoms with van der Waals surface area (Å²) in [6, 6.07) is 7.98. The van der Waals surface area contributed by atoms with Crippen molar-refractivity contribution in [3.05, 3.63) is 29.8 Å². The average molecular weight is 427 g/mol. The SMILES string of the molecule is Cc1cccc(S(=O)(=O)N(C)C2CCC(N3CCC4CCCCC4C3)C2)c1.Cl. The van der Waals surface area contributed by atoms with Gasteiger partial charge in [0.05, 0.1) is 4.90 Å². The van der Waals surface area contributed by atoms with Crippen LogP contribution in [-0.4, -0.2) is 49.8 Å². The van der Waals surface area contributed by atoms with E-state index in [9.17, 15) is 8.42 Å². The van der Waals surface area contributed by atoms with Crippen molar-refractivity contribution in [3.63, 3.8) is 0 Å². The molecule has 0 aromatic heterocycles. The summed E-state index contributed by atoms with van der Waals surface area (Å²) < 4.78 is 27.8. The smallest absolute Gasteiger partial charge is 0.243 e. The van der Waals surface area contributed by atoms with E-state index in [1.54, 1.807) is 23.5 Å². The number of sulfonamides is 1. The highest BCUT2D eigenvalue weighted by Gasteiger charge is 2.39. The fraction of sp³-hybridized carbons (Fsp3) is 0.727. The lowest BCUT2D eigenvalue weighted by Gasteiger charge is -2.43. The molecule has 1 saturated heterocycles. The summed E-state index contributed by atoms with van der Waals surface area (Å²) >= 11 is 0. The Labute approximate surface area is 177 Å². The molecule has 4 atom stereocenters. The Kier molecular flexibility index (Phi) is 7.12. The lowest BCUT2D eigenvalue weighted by atomic mass is 9.75. The number of piperidine rings is 1. The third kappa shape index (κ3) is 4.43. The molecule has 4 unspecified atom stereocenters. The molecule has 1 aliphatic heterocycles. The van der Waals surface area contributed by atoms with Crippen LogP contribution in [0.4, 0.5) is 0 Å². The summed E-state index contributed by atoms with van der Waals surface area (Å²) in [4.78, 5) is 3.12. The van der Waals surface area contributed by atoms with Crippen molar-refractivity contribution in [3.8, 4) is 0 Å². The molecule has 0 amide bonds. The van der Waals surface area contributed by atoms with Crippen molar-refractivity contribution < 1.29 is 8.42 Å². The number of rotatable bonds is 4. The highest BCUT2D eigenvalue weighted by atomic mass is 35.5. The molecule has 1 aromatic carbocycles. The van der Waals surface area contributed by atoms with Crippen molar-refractivity contribution >= 4 is 22.4 Å². The van der Waals surface area contributed by atoms with Crippen LogP contribution in [0.3, 0.4) is 0 Å². The van der Waals surface area contributed by atoms with Crippen LogP contribution in [0.1, 0.15) is 56.9 Å². The van der Waals surface area contributed by atoms with Crippen LogP contribution in [0.2, 0.25) is 0 Å². The summed E-state index contributed by atoms with van der Waals surface area (Å²) in [6.07, 6.45) is 10.1. The zero-order chi connectivity index (χ0) is 19.0. The molecule has 1 aromatic rings. The number of hydrogen-bond donors (Lipinski definition) is 0. The summed E-state index contributed by atoms with van der Waals surface area (Å²) in [6.45, 7) is 4.41. The Balaban J connectivity index is 0.00000225. The molecule has 0 bridgehead atoms. The molecule has 1 heterocycles. The predicted molar refractivity (Wildman–Crippen MR) is 116 cm³/mol. The Hall–Kier alpha value is -0.620. The molecule has 2 saturated carbocycles. The first-order chi connectivity index (χ1) is 12.9. The van der Waals surface area contributed by atoms with Crippen LogP contribution in [-0.2, 0) is 10.0 Å². The first kappa shape index (κ1) is 22.1. The molecule has 3 fully saturated rings. The Morgan fingerprint density at radius 1 is 1.04 bits per heavy atom. The minimum atomic E-state index is -3.40. The number of nitrogens with zero attached hydrogens (tertiary/aromatic N) is 2. The van der Waals surface area contributed by atoms with Gasteiger partial charge in [0.2, 0.25) is 10.0 Å². The van der Waals surface area contributed by atoms with E-state index in [1.807, 2.05) is 19.1 Å². The molecule has 0 spiro atoms. The molecule has 28 heavy (non-hydrogen) atoms. The van der Waals surface area contributed by atoms with Gasteiger partial charge in [0.1, 0.15) is 0 Å². The van der Waals surface area contributed by atoms with Gasteiger partial charge in [-0.05, 0) is 75.1 Å². The quantitative estimate of drug-likeness (QED) is 0.713. The average Bonchev–Trinajstić information content (AvgIpc) is 3.17. The predicted octanol–water partition coefficient (Wildman–Crippen LogP) is 4.47. The highest BCUT2D eigenvalue weighted by Crippen LogP contribution is 2.39. The van der Waals surface area contributed by atoms with Crippen LogP contribution >= 0.6 is 12.4 Å². The van der Waals surface area contributed by atoms with E-state index in [1.165, 1.54) is 45.2 Å². The molecule has 158 valence electrons. The molecule has 2 aliphatic carbocycles. The molecular formula is C22H35ClN2O2S. The van der Waals surface area contributed by atoms with Gasteiger partial charge in [-0.25, -0.2) is 8.42 Å². The van der Waals surface area contributed by atoms with Crippen molar-refractivity contribution in [2.75, 3.05) is 20.1 Å². The Bertz CT molecular complexity index is 770. The van der Waals surface area contributed by atoms with E-state index in [4.69, 9.17) is 0 Å². The molecule has 6 heteroatoms. The maximum absolute atomic E-state index is 13.1. The first-order valence-electron chi connectivity index (χ1n) is 10.7. The van der Waals surface area contributed by atoms with Crippen molar-refractivity contribution in [1.82, 2.24) is 9.21 Å². The van der Waals surface area contributed by atoms with Gasteiger partial charge in [-0.2, -0.15) is 4.31 Å². The number of hydrogen-bond acceptors (Lipinski definition) is 3. The minimum Gasteiger partial charge on any atom is -0.300 e. The first-order valence-corrected chi connectivity index (χ1v) is 12.2. The Morgan fingerprint density at radius 3 is 2.54 bits per heavy atom. The van der Waals surface area contributed by atoms with Crippen LogP contribution < -0.4 is 0 Å². The molecule has 4 rings (SSSR count). The largest absolute Gasteiger partial charge is 0.300 e. The van der Waals surface area contributed by atoms with E-state index in [0.29, 0.717) is 10.9 Å². The number of aryl methyl sites for hydroxylation is 1. The molecule has 3 aliphatic rings. The summed E-state index contributed by atoms with van der Waals surface area (Å²) in [5, 5.41) is 0. The van der Waals surface area contributed by atoms with E-state index in [-0.39, 0.29) is 18.4 Å². The fourth-order valence-electron chi connectivity index (χ4n) is 5.70. The maximum atomic E-state index is 13.1. The number of halogens is 1. The molecule has 0 radical (unpaired) electrons. The van der Waals surface area contributed by atoms with Crippen LogP contribution in [0, 0.1) is 18.8 Å². The Morgan fingerprint density at radius 2 is 1.79 bits per heavy atom. The van der Waals surface area contributed by atoms with Gasteiger partial charge >= 0.3 is 0 Å². The minimum absolute atomic E-state index is 0. The van der Waals surface area contributed by atoms with E-state index in [0.717, 1.165) is 36.7 Å². The van der Waals surface area contributed by atoms with E-state index in [2.05, 4.69) is 4.90 Å². The number of benzene rings is 1. The summed E-state index contributed by atoms with van der Waals surface area (Å²) in [7, 11) is -1.63. The third-order valence-electron chi connectivity index (χ3n) is 7.40. The monoisotopic (exact) mass is 426 g/mol. The third-order valence-corrected chi connectivity index (χ3v) is 9.30. The molecule has 4 nitrogen and oxygen atoms in total. The van der Waals surface area contributed by atoms with Gasteiger partial charge in [0, 0.05) is 25.7 Å². The van der Waals surface area contributed by atoms with Crippen LogP contribution in [0.15, 0.2) is 29.2 Å². The molecule has 0 N–H and O–H groups in total. The number of likely N-dealkylation sites (tertiary alicyclic amines) is 1. The van der Waals surface area contributed by atoms with Gasteiger partial charge in [0.25, 0.3) is 0 Å². The highest BCUT2D eigenvalue weighted by molar-refractivity contribution is 7.89. The van der Waals surface area contributed by atoms with Gasteiger partial charge in [0.15, 0.2) is 0 Å². The zero-order valence-electron chi connectivity index (χ0n) is 17.2. The lowest BCUT2D eigenvalue weighted by molar-refractivity contribution is 0.0571. The molecular weight excluding hydrogens is 392 g/mol. The van der Waals surface area contributed by atoms with Crippen molar-refractivity contribution in [2.45, 2.75) is 75.3 Å². The van der Waals surface area contributed by atoms with Gasteiger partial charge in [-0.3, -0.25) is 0 Å². The maximum Gasteiger partial charge on any atom is 0.243 e. The zero-order valence-corrected chi connectivity index (χ0v) is 18.9. The van der Waals surface area contributed by atoms with Gasteiger partial charge in [-0.1, -0.05) is 31.4 Å². The topological polar surface area (TPSA) is 40.6 Å². The standard InChI is InChI=1S/C22H34N2O2S.ClH/c1-17-6-5-9-22(14-17)27(25,26)23(2)20-10-11-21(15-20)24-13-12-18-7-3-4-8-19(18)16-24;/h5-6,9,14,18-21H,3-4,7-8,10-13,15-16H2,1-2H3;1H. The summed E-state index contributed by atoms with van der Waals surface area (Å²) in [5.41, 5.74) is 0.990. The second-order valence-electron chi connectivity index (χ2n) is 9.05. The van der Waals surface area contributed by atoms with E-state index >= 15 is 0 Å². The normalized spacial score (nSPS) is 31.4. The van der Waals surface area contributed by atoms with Crippen LogP contribution in [0.5, 0.6) is 0 Å². The fourth-order valence-corrected chi connectivity index (χ4v) is 7.20. The number of fused-ring (bicyclic) bond motifs is 1. The van der Waals surface area contributed by atoms with Crippen molar-refractivity contribution in [1.29, 1.82) is 0 Å². The van der Waals surface area contributed by atoms with E-state index < -0.39 is 10.0 Å². The van der Waals surface area contributed by atoms with Gasteiger partial charge < -0.3 is 4.90 Å². The summed E-state index contributed by atoms with van der Waals surface area (Å²) in [5.74, 6) is 1.84. The second-order valence-corrected chi connectivity index (χ2v) is 11.0. The second kappa shape index (κ2) is 9.03. The van der Waals surface area contributed by atoms with Gasteiger partial charge in [-0.15, -0.1) is 12.4 Å². The van der Waals surface area contributed by atoms with Crippen molar-refractivity contribution in [2.24, 2.45) is 11.8 Å².